The van der Waals surface area contributed by atoms with Gasteiger partial charge in [-0.15, -0.1) is 0 Å². The number of urea groups is 1. The van der Waals surface area contributed by atoms with Gasteiger partial charge >= 0.3 is 6.03 Å². The molecule has 0 unspecified atom stereocenters. The lowest BCUT2D eigenvalue weighted by atomic mass is 9.93. The first-order valence-corrected chi connectivity index (χ1v) is 7.81. The summed E-state index contributed by atoms with van der Waals surface area (Å²) in [5.74, 6) is 0.489. The number of hydrogen-bond donors (Lipinski definition) is 2. The summed E-state index contributed by atoms with van der Waals surface area (Å²) in [6, 6.07) is 5.48. The predicted octanol–water partition coefficient (Wildman–Crippen LogP) is 2.62. The number of nitrogens with zero attached hydrogens (tertiary/aromatic N) is 3. The van der Waals surface area contributed by atoms with E-state index in [4.69, 9.17) is 4.42 Å². The molecule has 0 atom stereocenters. The first kappa shape index (κ1) is 16.0. The van der Waals surface area contributed by atoms with Crippen LogP contribution in [0.25, 0.3) is 5.65 Å². The molecule has 0 fully saturated rings. The fourth-order valence-corrected chi connectivity index (χ4v) is 2.20. The number of imidazole rings is 1. The zero-order valence-electron chi connectivity index (χ0n) is 14.0. The van der Waals surface area contributed by atoms with Crippen molar-refractivity contribution >= 4 is 11.7 Å². The molecule has 126 valence electrons. The lowest BCUT2D eigenvalue weighted by Crippen LogP contribution is -2.34. The van der Waals surface area contributed by atoms with Crippen LogP contribution in [0.15, 0.2) is 41.3 Å². The third-order valence-corrected chi connectivity index (χ3v) is 3.56. The summed E-state index contributed by atoms with van der Waals surface area (Å²) in [7, 11) is 0. The summed E-state index contributed by atoms with van der Waals surface area (Å²) < 4.78 is 7.29. The molecule has 0 aromatic carbocycles. The van der Waals surface area contributed by atoms with Crippen LogP contribution in [0.4, 0.5) is 4.79 Å². The minimum atomic E-state index is -0.289. The molecule has 0 bridgehead atoms. The van der Waals surface area contributed by atoms with Crippen molar-refractivity contribution < 1.29 is 9.21 Å². The minimum absolute atomic E-state index is 0.0763. The molecule has 3 rings (SSSR count). The Balaban J connectivity index is 1.50. The van der Waals surface area contributed by atoms with Gasteiger partial charge in [-0.3, -0.25) is 0 Å². The quantitative estimate of drug-likeness (QED) is 0.771. The molecular weight excluding hydrogens is 306 g/mol. The van der Waals surface area contributed by atoms with Gasteiger partial charge in [-0.25, -0.2) is 14.8 Å². The van der Waals surface area contributed by atoms with Crippen molar-refractivity contribution in [3.05, 3.63) is 54.1 Å². The molecule has 2 N–H and O–H groups in total. The fraction of sp³-hybridized carbons (Fsp3) is 0.353. The van der Waals surface area contributed by atoms with E-state index < -0.39 is 0 Å². The Morgan fingerprint density at radius 2 is 2.00 bits per heavy atom. The number of rotatable bonds is 4. The van der Waals surface area contributed by atoms with E-state index in [1.54, 1.807) is 6.26 Å². The van der Waals surface area contributed by atoms with Gasteiger partial charge in [0.2, 0.25) is 5.89 Å². The van der Waals surface area contributed by atoms with Gasteiger partial charge < -0.3 is 19.5 Å². The molecule has 0 saturated heterocycles. The topological polar surface area (TPSA) is 84.5 Å². The highest BCUT2D eigenvalue weighted by Gasteiger charge is 2.18. The highest BCUT2D eigenvalue weighted by Crippen LogP contribution is 2.20. The number of oxazole rings is 1. The second kappa shape index (κ2) is 6.35. The van der Waals surface area contributed by atoms with Crippen molar-refractivity contribution in [2.24, 2.45) is 0 Å². The highest BCUT2D eigenvalue weighted by atomic mass is 16.3. The van der Waals surface area contributed by atoms with E-state index in [0.717, 1.165) is 17.0 Å². The number of aromatic nitrogens is 3. The van der Waals surface area contributed by atoms with Gasteiger partial charge in [-0.1, -0.05) is 26.8 Å². The van der Waals surface area contributed by atoms with E-state index in [2.05, 4.69) is 41.4 Å². The average Bonchev–Trinajstić information content (AvgIpc) is 3.16. The summed E-state index contributed by atoms with van der Waals surface area (Å²) in [6.07, 6.45) is 5.44. The van der Waals surface area contributed by atoms with Gasteiger partial charge in [-0.05, 0) is 12.1 Å². The van der Waals surface area contributed by atoms with E-state index >= 15 is 0 Å². The molecule has 3 aromatic heterocycles. The molecule has 0 radical (unpaired) electrons. The third-order valence-electron chi connectivity index (χ3n) is 3.56. The maximum absolute atomic E-state index is 11.9. The summed E-state index contributed by atoms with van der Waals surface area (Å²) in [4.78, 5) is 20.7. The van der Waals surface area contributed by atoms with Crippen molar-refractivity contribution in [3.8, 4) is 0 Å². The molecule has 7 nitrogen and oxygen atoms in total. The fourth-order valence-electron chi connectivity index (χ4n) is 2.20. The van der Waals surface area contributed by atoms with Crippen LogP contribution in [0.2, 0.25) is 0 Å². The van der Waals surface area contributed by atoms with Crippen molar-refractivity contribution in [1.29, 1.82) is 0 Å². The van der Waals surface area contributed by atoms with Crippen LogP contribution in [0.1, 0.15) is 38.0 Å². The van der Waals surface area contributed by atoms with Crippen LogP contribution in [0.3, 0.4) is 0 Å². The van der Waals surface area contributed by atoms with E-state index in [9.17, 15) is 4.79 Å². The van der Waals surface area contributed by atoms with Gasteiger partial charge in [0.25, 0.3) is 0 Å². The predicted molar refractivity (Wildman–Crippen MR) is 89.5 cm³/mol. The largest absolute Gasteiger partial charge is 0.447 e. The van der Waals surface area contributed by atoms with Crippen molar-refractivity contribution in [3.63, 3.8) is 0 Å². The molecule has 0 aliphatic carbocycles. The molecular formula is C17H21N5O2. The molecule has 24 heavy (non-hydrogen) atoms. The van der Waals surface area contributed by atoms with E-state index in [1.165, 1.54) is 0 Å². The number of pyridine rings is 1. The number of fused-ring (bicyclic) bond motifs is 1. The van der Waals surface area contributed by atoms with Gasteiger partial charge in [-0.2, -0.15) is 0 Å². The number of nitrogens with one attached hydrogen (secondary N) is 2. The number of amides is 2. The van der Waals surface area contributed by atoms with Crippen molar-refractivity contribution in [2.75, 3.05) is 0 Å². The lowest BCUT2D eigenvalue weighted by Gasteiger charge is -2.13. The minimum Gasteiger partial charge on any atom is -0.447 e. The van der Waals surface area contributed by atoms with E-state index in [-0.39, 0.29) is 18.0 Å². The average molecular weight is 327 g/mol. The zero-order valence-corrected chi connectivity index (χ0v) is 14.0. The van der Waals surface area contributed by atoms with Crippen LogP contribution in [0, 0.1) is 0 Å². The van der Waals surface area contributed by atoms with Crippen LogP contribution in [-0.2, 0) is 18.5 Å². The Morgan fingerprint density at radius 1 is 1.21 bits per heavy atom. The first-order chi connectivity index (χ1) is 11.4. The molecule has 0 saturated carbocycles. The SMILES string of the molecule is CC(C)(C)c1coc(CNC(=O)NCc2cn3ccccc3n2)n1. The smallest absolute Gasteiger partial charge is 0.315 e. The van der Waals surface area contributed by atoms with E-state index in [0.29, 0.717) is 12.4 Å². The molecule has 0 aliphatic rings. The summed E-state index contributed by atoms with van der Waals surface area (Å²) in [5, 5.41) is 5.50. The van der Waals surface area contributed by atoms with Crippen molar-refractivity contribution in [2.45, 2.75) is 39.3 Å². The monoisotopic (exact) mass is 327 g/mol. The number of carbonyl (C=O) groups excluding carboxylic acids is 1. The maximum Gasteiger partial charge on any atom is 0.315 e. The van der Waals surface area contributed by atoms with E-state index in [1.807, 2.05) is 35.0 Å². The third kappa shape index (κ3) is 3.73. The molecule has 3 aromatic rings. The van der Waals surface area contributed by atoms with Crippen LogP contribution in [0.5, 0.6) is 0 Å². The summed E-state index contributed by atoms with van der Waals surface area (Å²) in [5.41, 5.74) is 2.43. The van der Waals surface area contributed by atoms with Gasteiger partial charge in [0.05, 0.1) is 24.5 Å². The van der Waals surface area contributed by atoms with Gasteiger partial charge in [0, 0.05) is 17.8 Å². The lowest BCUT2D eigenvalue weighted by molar-refractivity contribution is 0.239. The Kier molecular flexibility index (Phi) is 4.24. The normalized spacial score (nSPS) is 11.6. The molecule has 3 heterocycles. The first-order valence-electron chi connectivity index (χ1n) is 7.81. The maximum atomic E-state index is 11.9. The molecule has 0 spiro atoms. The van der Waals surface area contributed by atoms with Gasteiger partial charge in [0.1, 0.15) is 11.9 Å². The Bertz CT molecular complexity index is 811. The van der Waals surface area contributed by atoms with Crippen LogP contribution >= 0.6 is 0 Å². The van der Waals surface area contributed by atoms with Gasteiger partial charge in [0.15, 0.2) is 0 Å². The Morgan fingerprint density at radius 3 is 2.71 bits per heavy atom. The van der Waals surface area contributed by atoms with Crippen LogP contribution < -0.4 is 10.6 Å². The number of carbonyl (C=O) groups is 1. The standard InChI is InChI=1S/C17H21N5O2/c1-17(2,3)13-11-24-15(21-13)9-19-16(23)18-8-12-10-22-7-5-4-6-14(22)20-12/h4-7,10-11H,8-9H2,1-3H3,(H2,18,19,23). The zero-order chi connectivity index (χ0) is 17.2. The molecule has 0 aliphatic heterocycles. The van der Waals surface area contributed by atoms with Crippen LogP contribution in [-0.4, -0.2) is 20.4 Å². The Hall–Kier alpha value is -2.83. The second-order valence-electron chi connectivity index (χ2n) is 6.61. The summed E-state index contributed by atoms with van der Waals surface area (Å²) in [6.45, 7) is 6.77. The second-order valence-corrected chi connectivity index (χ2v) is 6.61. The molecule has 7 heteroatoms. The Labute approximate surface area is 140 Å². The van der Waals surface area contributed by atoms with Crippen molar-refractivity contribution in [1.82, 2.24) is 25.0 Å². The highest BCUT2D eigenvalue weighted by molar-refractivity contribution is 5.73. The number of hydrogen-bond acceptors (Lipinski definition) is 4. The summed E-state index contributed by atoms with van der Waals surface area (Å²) >= 11 is 0. The molecule has 2 amide bonds.